The van der Waals surface area contributed by atoms with Gasteiger partial charge >= 0.3 is 6.03 Å². The highest BCUT2D eigenvalue weighted by Gasteiger charge is 1.86. The van der Waals surface area contributed by atoms with Gasteiger partial charge < -0.3 is 17.2 Å². The Balaban J connectivity index is 4.06. The molecule has 0 aliphatic rings. The van der Waals surface area contributed by atoms with Crippen molar-refractivity contribution in [1.82, 2.24) is 5.43 Å². The third-order valence-electron chi connectivity index (χ3n) is 0.749. The van der Waals surface area contributed by atoms with Crippen molar-refractivity contribution < 1.29 is 4.79 Å². The average molecular weight is 185 g/mol. The van der Waals surface area contributed by atoms with E-state index in [0.29, 0.717) is 5.71 Å². The normalized spacial score (nSPS) is 11.3. The highest BCUT2D eigenvalue weighted by atomic mass is 16.2. The summed E-state index contributed by atoms with van der Waals surface area (Å²) in [6.45, 7) is 1.60. The molecule has 0 rings (SSSR count). The maximum atomic E-state index is 10.1. The summed E-state index contributed by atoms with van der Waals surface area (Å²) >= 11 is 0. The molecule has 13 heavy (non-hydrogen) atoms. The van der Waals surface area contributed by atoms with E-state index in [1.165, 1.54) is 6.21 Å². The molecule has 0 spiro atoms. The summed E-state index contributed by atoms with van der Waals surface area (Å²) in [5.41, 5.74) is 17.1. The zero-order valence-corrected chi connectivity index (χ0v) is 7.06. The Morgan fingerprint density at radius 1 is 1.31 bits per heavy atom. The van der Waals surface area contributed by atoms with Gasteiger partial charge in [-0.25, -0.2) is 10.2 Å². The van der Waals surface area contributed by atoms with E-state index in [1.807, 2.05) is 5.43 Å². The van der Waals surface area contributed by atoms with Gasteiger partial charge in [-0.2, -0.15) is 10.2 Å². The lowest BCUT2D eigenvalue weighted by Crippen LogP contribution is -2.24. The molecule has 0 atom stereocenters. The smallest absolute Gasteiger partial charge is 0.332 e. The molecule has 8 heteroatoms. The molecule has 0 bridgehead atoms. The molecule has 0 unspecified atom stereocenters. The molecule has 0 aliphatic carbocycles. The van der Waals surface area contributed by atoms with Crippen LogP contribution in [0.25, 0.3) is 0 Å². The van der Waals surface area contributed by atoms with Gasteiger partial charge in [-0.15, -0.1) is 5.10 Å². The van der Waals surface area contributed by atoms with E-state index in [4.69, 9.17) is 17.2 Å². The maximum Gasteiger partial charge on any atom is 0.332 e. The fraction of sp³-hybridized carbons (Fsp3) is 0.200. The Kier molecular flexibility index (Phi) is 4.62. The van der Waals surface area contributed by atoms with Crippen molar-refractivity contribution in [3.63, 3.8) is 0 Å². The molecule has 0 fully saturated rings. The summed E-state index contributed by atoms with van der Waals surface area (Å²) < 4.78 is 0. The minimum Gasteiger partial charge on any atom is -0.369 e. The zero-order chi connectivity index (χ0) is 10.3. The summed E-state index contributed by atoms with van der Waals surface area (Å²) in [6.07, 6.45) is 1.25. The van der Waals surface area contributed by atoms with E-state index in [-0.39, 0.29) is 5.96 Å². The molecule has 0 heterocycles. The van der Waals surface area contributed by atoms with Gasteiger partial charge in [-0.05, 0) is 6.92 Å². The number of nitrogens with zero attached hydrogens (tertiary/aromatic N) is 3. The number of nitrogens with one attached hydrogen (secondary N) is 1. The van der Waals surface area contributed by atoms with Crippen LogP contribution in [0, 0.1) is 0 Å². The SMILES string of the molecule is CC(C=NNC(N)=O)=NN=C(N)N. The molecule has 0 aliphatic heterocycles. The van der Waals surface area contributed by atoms with Crippen molar-refractivity contribution >= 4 is 23.9 Å². The molecule has 7 N–H and O–H groups in total. The van der Waals surface area contributed by atoms with Crippen molar-refractivity contribution in [3.05, 3.63) is 0 Å². The van der Waals surface area contributed by atoms with Crippen LogP contribution in [0.2, 0.25) is 0 Å². The first-order chi connectivity index (χ1) is 6.02. The zero-order valence-electron chi connectivity index (χ0n) is 7.06. The number of carbonyl (C=O) groups excluding carboxylic acids is 1. The Bertz CT molecular complexity index is 262. The number of nitrogens with two attached hydrogens (primary N) is 3. The van der Waals surface area contributed by atoms with Gasteiger partial charge in [-0.3, -0.25) is 0 Å². The fourth-order valence-corrected chi connectivity index (χ4v) is 0.352. The number of guanidine groups is 1. The van der Waals surface area contributed by atoms with Gasteiger partial charge in [0.25, 0.3) is 0 Å². The minimum absolute atomic E-state index is 0.157. The molecule has 0 aromatic carbocycles. The first-order valence-electron chi connectivity index (χ1n) is 3.24. The number of urea groups is 1. The number of hydrazone groups is 1. The van der Waals surface area contributed by atoms with E-state index in [1.54, 1.807) is 6.92 Å². The van der Waals surface area contributed by atoms with Gasteiger partial charge in [0.05, 0.1) is 11.9 Å². The second kappa shape index (κ2) is 5.52. The van der Waals surface area contributed by atoms with Crippen LogP contribution >= 0.6 is 0 Å². The van der Waals surface area contributed by atoms with Crippen LogP contribution in [0.4, 0.5) is 4.79 Å². The van der Waals surface area contributed by atoms with Crippen LogP contribution in [0.1, 0.15) is 6.92 Å². The van der Waals surface area contributed by atoms with Gasteiger partial charge in [0, 0.05) is 0 Å². The molecule has 72 valence electrons. The molecule has 2 amide bonds. The van der Waals surface area contributed by atoms with Gasteiger partial charge in [0.2, 0.25) is 5.96 Å². The van der Waals surface area contributed by atoms with Crippen LogP contribution in [-0.2, 0) is 0 Å². The largest absolute Gasteiger partial charge is 0.369 e. The molecule has 0 saturated carbocycles. The minimum atomic E-state index is -0.758. The van der Waals surface area contributed by atoms with Crippen LogP contribution in [0.3, 0.4) is 0 Å². The molecule has 8 nitrogen and oxygen atoms in total. The molecule has 0 aromatic rings. The summed E-state index contributed by atoms with van der Waals surface area (Å²) in [6, 6.07) is -0.758. The van der Waals surface area contributed by atoms with E-state index in [2.05, 4.69) is 15.3 Å². The van der Waals surface area contributed by atoms with E-state index < -0.39 is 6.03 Å². The first-order valence-corrected chi connectivity index (χ1v) is 3.24. The number of hydrogen-bond donors (Lipinski definition) is 4. The van der Waals surface area contributed by atoms with Crippen LogP contribution in [0.15, 0.2) is 15.3 Å². The molecular formula is C5H11N7O. The van der Waals surface area contributed by atoms with Gasteiger partial charge in [0.15, 0.2) is 0 Å². The molecular weight excluding hydrogens is 174 g/mol. The quantitative estimate of drug-likeness (QED) is 0.236. The highest BCUT2D eigenvalue weighted by Crippen LogP contribution is 1.74. The Labute approximate surface area is 74.6 Å². The van der Waals surface area contributed by atoms with Gasteiger partial charge in [-0.1, -0.05) is 0 Å². The summed E-state index contributed by atoms with van der Waals surface area (Å²) in [4.78, 5) is 10.1. The maximum absolute atomic E-state index is 10.1. The number of hydrogen-bond acceptors (Lipinski definition) is 4. The highest BCUT2D eigenvalue weighted by molar-refractivity contribution is 6.29. The number of amides is 2. The average Bonchev–Trinajstić information content (AvgIpc) is 2.00. The summed E-state index contributed by atoms with van der Waals surface area (Å²) in [7, 11) is 0. The number of carbonyl (C=O) groups is 1. The second-order valence-electron chi connectivity index (χ2n) is 2.00. The van der Waals surface area contributed by atoms with Crippen LogP contribution in [-0.4, -0.2) is 23.9 Å². The monoisotopic (exact) mass is 185 g/mol. The molecule has 0 radical (unpaired) electrons. The predicted octanol–water partition coefficient (Wildman–Crippen LogP) is -1.71. The van der Waals surface area contributed by atoms with Crippen molar-refractivity contribution in [1.29, 1.82) is 0 Å². The third kappa shape index (κ3) is 7.78. The Morgan fingerprint density at radius 2 is 1.92 bits per heavy atom. The fourth-order valence-electron chi connectivity index (χ4n) is 0.352. The van der Waals surface area contributed by atoms with Gasteiger partial charge in [0.1, 0.15) is 0 Å². The Morgan fingerprint density at radius 3 is 2.38 bits per heavy atom. The van der Waals surface area contributed by atoms with Crippen molar-refractivity contribution in [2.24, 2.45) is 32.5 Å². The molecule has 0 aromatic heterocycles. The first kappa shape index (κ1) is 10.9. The lowest BCUT2D eigenvalue weighted by molar-refractivity contribution is 0.249. The number of primary amides is 1. The van der Waals surface area contributed by atoms with Crippen molar-refractivity contribution in [3.8, 4) is 0 Å². The van der Waals surface area contributed by atoms with E-state index >= 15 is 0 Å². The van der Waals surface area contributed by atoms with Crippen molar-refractivity contribution in [2.45, 2.75) is 6.92 Å². The van der Waals surface area contributed by atoms with Crippen LogP contribution in [0.5, 0.6) is 0 Å². The number of rotatable bonds is 3. The second-order valence-corrected chi connectivity index (χ2v) is 2.00. The predicted molar refractivity (Wildman–Crippen MR) is 50.1 cm³/mol. The van der Waals surface area contributed by atoms with E-state index in [0.717, 1.165) is 0 Å². The molecule has 0 saturated heterocycles. The summed E-state index contributed by atoms with van der Waals surface area (Å²) in [5.74, 6) is -0.157. The van der Waals surface area contributed by atoms with Crippen LogP contribution < -0.4 is 22.6 Å². The summed E-state index contributed by atoms with van der Waals surface area (Å²) in [5, 5.41) is 10.3. The van der Waals surface area contributed by atoms with Crippen molar-refractivity contribution in [2.75, 3.05) is 0 Å². The Hall–Kier alpha value is -2.12. The third-order valence-corrected chi connectivity index (χ3v) is 0.749. The van der Waals surface area contributed by atoms with E-state index in [9.17, 15) is 4.79 Å². The topological polar surface area (TPSA) is 144 Å². The standard InChI is InChI=1S/C5H11N7O/c1-3(10-11-4(6)7)2-9-12-5(8)13/h2H,1H3,(H4,6,7,11)(H3,8,12,13). The lowest BCUT2D eigenvalue weighted by atomic mass is 10.5. The lowest BCUT2D eigenvalue weighted by Gasteiger charge is -1.90.